The van der Waals surface area contributed by atoms with Crippen LogP contribution in [0.5, 0.6) is 5.75 Å². The van der Waals surface area contributed by atoms with E-state index in [4.69, 9.17) is 9.84 Å². The molecular formula is C31H30N2O4. The molecule has 37 heavy (non-hydrogen) atoms. The minimum absolute atomic E-state index is 0.0305. The third kappa shape index (κ3) is 5.34. The van der Waals surface area contributed by atoms with Gasteiger partial charge < -0.3 is 14.9 Å². The van der Waals surface area contributed by atoms with Crippen LogP contribution >= 0.6 is 0 Å². The van der Waals surface area contributed by atoms with Crippen molar-refractivity contribution in [1.82, 2.24) is 9.78 Å². The van der Waals surface area contributed by atoms with E-state index < -0.39 is 5.97 Å². The van der Waals surface area contributed by atoms with Crippen molar-refractivity contribution in [2.24, 2.45) is 0 Å². The number of carbonyl (C=O) groups is 1. The first-order valence-electron chi connectivity index (χ1n) is 12.7. The molecule has 1 aliphatic rings. The summed E-state index contributed by atoms with van der Waals surface area (Å²) in [4.78, 5) is 10.9. The van der Waals surface area contributed by atoms with Crippen LogP contribution in [0.3, 0.4) is 0 Å². The van der Waals surface area contributed by atoms with Crippen molar-refractivity contribution in [1.29, 1.82) is 0 Å². The zero-order valence-electron chi connectivity index (χ0n) is 20.8. The predicted molar refractivity (Wildman–Crippen MR) is 146 cm³/mol. The molecule has 2 N–H and O–H groups in total. The van der Waals surface area contributed by atoms with E-state index in [9.17, 15) is 9.90 Å². The highest BCUT2D eigenvalue weighted by Crippen LogP contribution is 2.37. The van der Waals surface area contributed by atoms with E-state index in [0.29, 0.717) is 0 Å². The lowest BCUT2D eigenvalue weighted by molar-refractivity contribution is -0.131. The molecule has 6 heteroatoms. The molecule has 2 heterocycles. The zero-order valence-corrected chi connectivity index (χ0v) is 20.8. The topological polar surface area (TPSA) is 84.6 Å². The second-order valence-electron chi connectivity index (χ2n) is 9.23. The summed E-state index contributed by atoms with van der Waals surface area (Å²) in [6, 6.07) is 21.6. The van der Waals surface area contributed by atoms with Crippen molar-refractivity contribution in [3.63, 3.8) is 0 Å². The summed E-state index contributed by atoms with van der Waals surface area (Å²) in [7, 11) is 0. The van der Waals surface area contributed by atoms with Gasteiger partial charge >= 0.3 is 5.97 Å². The van der Waals surface area contributed by atoms with Crippen molar-refractivity contribution < 1.29 is 19.7 Å². The number of benzene rings is 3. The second kappa shape index (κ2) is 10.8. The summed E-state index contributed by atoms with van der Waals surface area (Å²) in [5.41, 5.74) is 7.03. The lowest BCUT2D eigenvalue weighted by Crippen LogP contribution is -2.18. The Morgan fingerprint density at radius 3 is 2.57 bits per heavy atom. The number of fused-ring (bicyclic) bond motifs is 1. The molecule has 1 aromatic heterocycles. The summed E-state index contributed by atoms with van der Waals surface area (Å²) in [6.45, 7) is 2.87. The number of aliphatic carboxylic acids is 1. The number of hydrogen-bond acceptors (Lipinski definition) is 4. The Morgan fingerprint density at radius 2 is 1.86 bits per heavy atom. The Balaban J connectivity index is 1.63. The molecule has 3 aromatic carbocycles. The lowest BCUT2D eigenvalue weighted by atomic mass is 9.87. The highest BCUT2D eigenvalue weighted by molar-refractivity contribution is 6.00. The summed E-state index contributed by atoms with van der Waals surface area (Å²) in [6.07, 6.45) is 8.53. The van der Waals surface area contributed by atoms with Gasteiger partial charge in [0.05, 0.1) is 11.7 Å². The van der Waals surface area contributed by atoms with Crippen LogP contribution in [0.2, 0.25) is 0 Å². The van der Waals surface area contributed by atoms with Crippen LogP contribution in [0.1, 0.15) is 61.1 Å². The van der Waals surface area contributed by atoms with E-state index in [-0.39, 0.29) is 12.0 Å². The smallest absolute Gasteiger partial charge is 0.328 e. The highest BCUT2D eigenvalue weighted by atomic mass is 16.5. The molecule has 188 valence electrons. The van der Waals surface area contributed by atoms with E-state index in [2.05, 4.69) is 30.2 Å². The first kappa shape index (κ1) is 24.5. The van der Waals surface area contributed by atoms with Crippen molar-refractivity contribution in [3.8, 4) is 5.75 Å². The first-order chi connectivity index (χ1) is 18.0. The van der Waals surface area contributed by atoms with Gasteiger partial charge in [0.1, 0.15) is 5.75 Å². The van der Waals surface area contributed by atoms with Gasteiger partial charge in [-0.15, -0.1) is 0 Å². The molecule has 4 aromatic rings. The number of carboxylic acids is 1. The fraction of sp³-hybridized carbons (Fsp3) is 0.226. The largest absolute Gasteiger partial charge is 0.508 e. The van der Waals surface area contributed by atoms with Gasteiger partial charge in [-0.05, 0) is 89.4 Å². The molecule has 0 amide bonds. The van der Waals surface area contributed by atoms with Crippen LogP contribution in [-0.2, 0) is 9.53 Å². The number of ether oxygens (including phenoxy) is 1. The molecule has 1 unspecified atom stereocenters. The van der Waals surface area contributed by atoms with Crippen molar-refractivity contribution >= 4 is 34.1 Å². The minimum Gasteiger partial charge on any atom is -0.508 e. The van der Waals surface area contributed by atoms with Gasteiger partial charge in [0, 0.05) is 18.1 Å². The van der Waals surface area contributed by atoms with Crippen LogP contribution in [0, 0.1) is 0 Å². The molecular weight excluding hydrogens is 464 g/mol. The van der Waals surface area contributed by atoms with E-state index in [0.717, 1.165) is 82.7 Å². The summed E-state index contributed by atoms with van der Waals surface area (Å²) in [5, 5.41) is 24.8. The van der Waals surface area contributed by atoms with Crippen LogP contribution in [0.25, 0.3) is 28.1 Å². The molecule has 0 spiro atoms. The van der Waals surface area contributed by atoms with E-state index >= 15 is 0 Å². The number of aromatic hydroxyl groups is 1. The summed E-state index contributed by atoms with van der Waals surface area (Å²) >= 11 is 0. The quantitative estimate of drug-likeness (QED) is 0.215. The third-order valence-corrected chi connectivity index (χ3v) is 6.78. The average Bonchev–Trinajstić information content (AvgIpc) is 3.35. The number of phenols is 1. The van der Waals surface area contributed by atoms with Gasteiger partial charge in [0.2, 0.25) is 0 Å². The second-order valence-corrected chi connectivity index (χ2v) is 9.23. The first-order valence-corrected chi connectivity index (χ1v) is 12.7. The highest BCUT2D eigenvalue weighted by Gasteiger charge is 2.20. The molecule has 0 radical (unpaired) electrons. The fourth-order valence-corrected chi connectivity index (χ4v) is 5.02. The Bertz CT molecular complexity index is 1470. The van der Waals surface area contributed by atoms with Crippen LogP contribution in [0.4, 0.5) is 0 Å². The molecule has 5 rings (SSSR count). The molecule has 0 saturated carbocycles. The molecule has 1 aliphatic heterocycles. The Labute approximate surface area is 216 Å². The number of rotatable bonds is 7. The number of allylic oxidation sites excluding steroid dienone is 1. The standard InChI is InChI=1S/C31H30N2O4/c1-2-27(23-6-5-7-26(34)19-23)31(22-12-9-21(10-13-22)11-16-30(35)36)24-14-15-28-25(18-24)20-32-33(28)29-8-3-4-17-37-29/h5-7,9-16,18-20,29,34H,2-4,8,17H2,1H3,(H,35,36)/b16-11?,31-27-. The molecule has 0 aliphatic carbocycles. The lowest BCUT2D eigenvalue weighted by Gasteiger charge is -2.23. The average molecular weight is 495 g/mol. The molecule has 6 nitrogen and oxygen atoms in total. The maximum atomic E-state index is 10.9. The fourth-order valence-electron chi connectivity index (χ4n) is 5.02. The SMILES string of the molecule is CC/C(=C(\c1ccc(C=CC(=O)O)cc1)c1ccc2c(cnn2C2CCCCO2)c1)c1cccc(O)c1. The van der Waals surface area contributed by atoms with Gasteiger partial charge in [-0.1, -0.05) is 49.4 Å². The van der Waals surface area contributed by atoms with Gasteiger partial charge in [0.15, 0.2) is 6.23 Å². The number of nitrogens with zero attached hydrogens (tertiary/aromatic N) is 2. The summed E-state index contributed by atoms with van der Waals surface area (Å²) < 4.78 is 7.96. The van der Waals surface area contributed by atoms with E-state index in [1.165, 1.54) is 0 Å². The number of hydrogen-bond donors (Lipinski definition) is 2. The molecule has 1 saturated heterocycles. The minimum atomic E-state index is -0.978. The van der Waals surface area contributed by atoms with Gasteiger partial charge in [0.25, 0.3) is 0 Å². The molecule has 0 bridgehead atoms. The summed E-state index contributed by atoms with van der Waals surface area (Å²) in [5.74, 6) is -0.754. The molecule has 1 fully saturated rings. The molecule has 1 atom stereocenters. The Kier molecular flexibility index (Phi) is 7.19. The normalized spacial score (nSPS) is 16.7. The van der Waals surface area contributed by atoms with E-state index in [1.807, 2.05) is 47.3 Å². The number of phenolic OH excluding ortho intramolecular Hbond substituents is 1. The van der Waals surface area contributed by atoms with Gasteiger partial charge in [-0.25, -0.2) is 9.48 Å². The van der Waals surface area contributed by atoms with Crippen molar-refractivity contribution in [3.05, 3.63) is 101 Å². The number of aromatic nitrogens is 2. The number of carboxylic acid groups (broad SMARTS) is 1. The Morgan fingerprint density at radius 1 is 1.05 bits per heavy atom. The zero-order chi connectivity index (χ0) is 25.8. The monoisotopic (exact) mass is 494 g/mol. The van der Waals surface area contributed by atoms with Crippen molar-refractivity contribution in [2.45, 2.75) is 38.8 Å². The van der Waals surface area contributed by atoms with E-state index in [1.54, 1.807) is 18.2 Å². The van der Waals surface area contributed by atoms with Gasteiger partial charge in [-0.2, -0.15) is 5.10 Å². The van der Waals surface area contributed by atoms with Gasteiger partial charge in [-0.3, -0.25) is 0 Å². The van der Waals surface area contributed by atoms with Crippen molar-refractivity contribution in [2.75, 3.05) is 6.61 Å². The van der Waals surface area contributed by atoms with Crippen LogP contribution < -0.4 is 0 Å². The maximum Gasteiger partial charge on any atom is 0.328 e. The third-order valence-electron chi connectivity index (χ3n) is 6.78. The van der Waals surface area contributed by atoms with Crippen LogP contribution in [-0.4, -0.2) is 32.6 Å². The predicted octanol–water partition coefficient (Wildman–Crippen LogP) is 6.91. The Hall–Kier alpha value is -4.16. The van der Waals surface area contributed by atoms with Crippen LogP contribution in [0.15, 0.2) is 79.0 Å². The maximum absolute atomic E-state index is 10.9.